The van der Waals surface area contributed by atoms with Crippen LogP contribution < -0.4 is 5.32 Å². The summed E-state index contributed by atoms with van der Waals surface area (Å²) in [4.78, 5) is 4.28. The highest BCUT2D eigenvalue weighted by molar-refractivity contribution is 9.10. The van der Waals surface area contributed by atoms with Gasteiger partial charge in [0.15, 0.2) is 0 Å². The van der Waals surface area contributed by atoms with Gasteiger partial charge in [-0.25, -0.2) is 4.98 Å². The van der Waals surface area contributed by atoms with Gasteiger partial charge in [0.2, 0.25) is 0 Å². The van der Waals surface area contributed by atoms with Gasteiger partial charge in [-0.2, -0.15) is 0 Å². The number of pyridine rings is 1. The van der Waals surface area contributed by atoms with Gasteiger partial charge in [0.25, 0.3) is 0 Å². The molecule has 0 bridgehead atoms. The van der Waals surface area contributed by atoms with Crippen LogP contribution in [-0.4, -0.2) is 17.6 Å². The summed E-state index contributed by atoms with van der Waals surface area (Å²) in [5.74, 6) is 0.765. The van der Waals surface area contributed by atoms with Crippen LogP contribution in [0.5, 0.6) is 0 Å². The lowest BCUT2D eigenvalue weighted by atomic mass is 9.89. The molecule has 17 heavy (non-hydrogen) atoms. The van der Waals surface area contributed by atoms with Crippen molar-refractivity contribution in [2.75, 3.05) is 6.54 Å². The lowest BCUT2D eigenvalue weighted by molar-refractivity contribution is 0.346. The van der Waals surface area contributed by atoms with Crippen LogP contribution in [0.4, 0.5) is 0 Å². The molecular weight excluding hydrogens is 300 g/mol. The van der Waals surface area contributed by atoms with Crippen molar-refractivity contribution in [1.82, 2.24) is 10.3 Å². The molecule has 4 heteroatoms. The van der Waals surface area contributed by atoms with E-state index in [-0.39, 0.29) is 0 Å². The van der Waals surface area contributed by atoms with Gasteiger partial charge in [-0.05, 0) is 64.9 Å². The molecule has 2 aliphatic rings. The summed E-state index contributed by atoms with van der Waals surface area (Å²) >= 11 is 9.44. The number of allylic oxidation sites excluding steroid dienone is 1. The van der Waals surface area contributed by atoms with Crippen LogP contribution in [0.15, 0.2) is 22.9 Å². The molecule has 0 radical (unpaired) electrons. The largest absolute Gasteiger partial charge is 0.310 e. The Hall–Kier alpha value is -0.380. The minimum atomic E-state index is 0.503. The molecule has 0 spiro atoms. The fourth-order valence-corrected chi connectivity index (χ4v) is 3.24. The highest BCUT2D eigenvalue weighted by atomic mass is 79.9. The molecule has 1 aliphatic heterocycles. The molecule has 1 aromatic rings. The van der Waals surface area contributed by atoms with Crippen molar-refractivity contribution >= 4 is 33.1 Å². The first-order chi connectivity index (χ1) is 8.25. The Kier molecular flexibility index (Phi) is 3.24. The van der Waals surface area contributed by atoms with Crippen LogP contribution in [0.2, 0.25) is 5.02 Å². The second kappa shape index (κ2) is 4.71. The van der Waals surface area contributed by atoms with Crippen LogP contribution in [0.1, 0.15) is 24.8 Å². The van der Waals surface area contributed by atoms with E-state index < -0.39 is 0 Å². The molecule has 1 fully saturated rings. The lowest BCUT2D eigenvalue weighted by Crippen LogP contribution is -2.39. The van der Waals surface area contributed by atoms with Crippen molar-refractivity contribution in [2.24, 2.45) is 5.92 Å². The molecule has 2 atom stereocenters. The summed E-state index contributed by atoms with van der Waals surface area (Å²) in [6, 6.07) is 2.51. The predicted molar refractivity (Wildman–Crippen MR) is 74.1 cm³/mol. The topological polar surface area (TPSA) is 24.9 Å². The van der Waals surface area contributed by atoms with Gasteiger partial charge in [-0.3, -0.25) is 0 Å². The maximum absolute atomic E-state index is 6.11. The Morgan fingerprint density at radius 2 is 2.35 bits per heavy atom. The molecule has 0 amide bonds. The van der Waals surface area contributed by atoms with Gasteiger partial charge in [-0.15, -0.1) is 0 Å². The Labute approximate surface area is 115 Å². The quantitative estimate of drug-likeness (QED) is 0.801. The first-order valence-electron chi connectivity index (χ1n) is 6.00. The van der Waals surface area contributed by atoms with Gasteiger partial charge in [0.1, 0.15) is 4.60 Å². The molecule has 1 saturated heterocycles. The zero-order chi connectivity index (χ0) is 11.8. The maximum atomic E-state index is 6.11. The molecule has 0 unspecified atom stereocenters. The Morgan fingerprint density at radius 3 is 3.18 bits per heavy atom. The van der Waals surface area contributed by atoms with Crippen LogP contribution in [0.25, 0.3) is 5.57 Å². The van der Waals surface area contributed by atoms with Gasteiger partial charge in [0.05, 0.1) is 5.02 Å². The van der Waals surface area contributed by atoms with E-state index in [0.29, 0.717) is 11.1 Å². The molecule has 1 N–H and O–H groups in total. The Morgan fingerprint density at radius 1 is 1.47 bits per heavy atom. The van der Waals surface area contributed by atoms with Gasteiger partial charge < -0.3 is 5.32 Å². The molecule has 2 nitrogen and oxygen atoms in total. The van der Waals surface area contributed by atoms with Gasteiger partial charge in [-0.1, -0.05) is 17.7 Å². The number of piperidine rings is 1. The minimum Gasteiger partial charge on any atom is -0.310 e. The predicted octanol–water partition coefficient (Wildman–Crippen LogP) is 3.65. The third-order valence-electron chi connectivity index (χ3n) is 3.69. The van der Waals surface area contributed by atoms with E-state index >= 15 is 0 Å². The molecular formula is C13H14BrClN2. The lowest BCUT2D eigenvalue weighted by Gasteiger charge is -2.29. The van der Waals surface area contributed by atoms with E-state index in [4.69, 9.17) is 11.6 Å². The number of nitrogens with zero attached hydrogens (tertiary/aromatic N) is 1. The summed E-state index contributed by atoms with van der Waals surface area (Å²) < 4.78 is 0.717. The first-order valence-corrected chi connectivity index (χ1v) is 7.17. The van der Waals surface area contributed by atoms with Crippen LogP contribution in [0, 0.1) is 5.92 Å². The number of nitrogens with one attached hydrogen (secondary N) is 1. The Balaban J connectivity index is 1.91. The first kappa shape index (κ1) is 11.7. The normalized spacial score (nSPS) is 27.8. The van der Waals surface area contributed by atoms with E-state index in [0.717, 1.165) is 22.6 Å². The van der Waals surface area contributed by atoms with Crippen LogP contribution in [-0.2, 0) is 0 Å². The van der Waals surface area contributed by atoms with Crippen molar-refractivity contribution in [3.8, 4) is 0 Å². The minimum absolute atomic E-state index is 0.503. The SMILES string of the molecule is Clc1cc(C2=CC[C@H]3CCCN[C@@H]23)cnc1Br. The maximum Gasteiger partial charge on any atom is 0.124 e. The zero-order valence-corrected chi connectivity index (χ0v) is 11.8. The van der Waals surface area contributed by atoms with Crippen molar-refractivity contribution in [2.45, 2.75) is 25.3 Å². The van der Waals surface area contributed by atoms with E-state index in [1.54, 1.807) is 0 Å². The third-order valence-corrected chi connectivity index (χ3v) is 4.84. The zero-order valence-electron chi connectivity index (χ0n) is 9.42. The summed E-state index contributed by atoms with van der Waals surface area (Å²) in [6.07, 6.45) is 8.05. The monoisotopic (exact) mass is 312 g/mol. The van der Waals surface area contributed by atoms with Crippen LogP contribution in [0.3, 0.4) is 0 Å². The summed E-state index contributed by atoms with van der Waals surface area (Å²) in [7, 11) is 0. The Bertz CT molecular complexity index is 472. The van der Waals surface area contributed by atoms with Crippen molar-refractivity contribution in [1.29, 1.82) is 0 Å². The summed E-state index contributed by atoms with van der Waals surface area (Å²) in [6.45, 7) is 1.12. The van der Waals surface area contributed by atoms with Crippen molar-refractivity contribution < 1.29 is 0 Å². The molecule has 90 valence electrons. The van der Waals surface area contributed by atoms with Gasteiger partial charge >= 0.3 is 0 Å². The van der Waals surface area contributed by atoms with Crippen LogP contribution >= 0.6 is 27.5 Å². The standard InChI is InChI=1S/C13H14BrClN2/c14-13-11(15)6-9(7-17-13)10-4-3-8-2-1-5-16-12(8)10/h4,6-8,12,16H,1-3,5H2/t8-,12-/m1/s1. The molecule has 3 rings (SSSR count). The molecule has 1 aromatic heterocycles. The summed E-state index contributed by atoms with van der Waals surface area (Å²) in [5, 5.41) is 4.30. The van der Waals surface area contributed by atoms with E-state index in [2.05, 4.69) is 32.3 Å². The number of hydrogen-bond donors (Lipinski definition) is 1. The number of aromatic nitrogens is 1. The smallest absolute Gasteiger partial charge is 0.124 e. The molecule has 0 saturated carbocycles. The number of hydrogen-bond acceptors (Lipinski definition) is 2. The van der Waals surface area contributed by atoms with Crippen molar-refractivity contribution in [3.63, 3.8) is 0 Å². The van der Waals surface area contributed by atoms with Gasteiger partial charge in [0, 0.05) is 12.2 Å². The highest BCUT2D eigenvalue weighted by Gasteiger charge is 2.32. The highest BCUT2D eigenvalue weighted by Crippen LogP contribution is 2.38. The average molecular weight is 314 g/mol. The number of fused-ring (bicyclic) bond motifs is 1. The van der Waals surface area contributed by atoms with Crippen molar-refractivity contribution in [3.05, 3.63) is 33.5 Å². The second-order valence-corrected chi connectivity index (χ2v) is 5.88. The molecule has 2 heterocycles. The van der Waals surface area contributed by atoms with E-state index in [1.807, 2.05) is 12.3 Å². The van der Waals surface area contributed by atoms with E-state index in [1.165, 1.54) is 24.8 Å². The van der Waals surface area contributed by atoms with E-state index in [9.17, 15) is 0 Å². The molecule has 0 aromatic carbocycles. The summed E-state index contributed by atoms with van der Waals surface area (Å²) in [5.41, 5.74) is 2.52. The fourth-order valence-electron chi connectivity index (χ4n) is 2.85. The second-order valence-electron chi connectivity index (χ2n) is 4.73. The number of halogens is 2. The average Bonchev–Trinajstić information content (AvgIpc) is 2.76. The fraction of sp³-hybridized carbons (Fsp3) is 0.462. The molecule has 1 aliphatic carbocycles. The number of rotatable bonds is 1. The third kappa shape index (κ3) is 2.16.